The maximum Gasteiger partial charge on any atom is 0.130 e. The van der Waals surface area contributed by atoms with E-state index < -0.39 is 0 Å². The SMILES string of the molecule is Fc1ccc(-c2n[nH]c(NCCCN3CCOCC3)c2-c2ccncc2)cc1. The fraction of sp³-hybridized carbons (Fsp3) is 0.333. The first-order valence-corrected chi connectivity index (χ1v) is 9.60. The molecule has 146 valence electrons. The van der Waals surface area contributed by atoms with Crippen LogP contribution in [0.1, 0.15) is 6.42 Å². The number of nitrogens with one attached hydrogen (secondary N) is 2. The first kappa shape index (κ1) is 18.6. The Bertz CT molecular complexity index is 876. The lowest BCUT2D eigenvalue weighted by atomic mass is 10.0. The maximum atomic E-state index is 13.3. The van der Waals surface area contributed by atoms with Gasteiger partial charge in [-0.3, -0.25) is 15.0 Å². The minimum Gasteiger partial charge on any atom is -0.379 e. The highest BCUT2D eigenvalue weighted by Crippen LogP contribution is 2.35. The molecule has 2 aromatic heterocycles. The number of rotatable bonds is 7. The van der Waals surface area contributed by atoms with Crippen molar-refractivity contribution in [3.63, 3.8) is 0 Å². The van der Waals surface area contributed by atoms with Crippen LogP contribution in [-0.2, 0) is 4.74 Å². The van der Waals surface area contributed by atoms with Gasteiger partial charge >= 0.3 is 0 Å². The molecule has 2 N–H and O–H groups in total. The number of hydrogen-bond donors (Lipinski definition) is 2. The molecule has 0 bridgehead atoms. The molecule has 1 aliphatic heterocycles. The molecule has 0 unspecified atom stereocenters. The van der Waals surface area contributed by atoms with Crippen molar-refractivity contribution in [2.24, 2.45) is 0 Å². The summed E-state index contributed by atoms with van der Waals surface area (Å²) in [6.45, 7) is 5.52. The van der Waals surface area contributed by atoms with Crippen LogP contribution in [0.4, 0.5) is 10.2 Å². The average Bonchev–Trinajstić information content (AvgIpc) is 3.17. The second-order valence-electron chi connectivity index (χ2n) is 6.80. The van der Waals surface area contributed by atoms with Gasteiger partial charge in [-0.25, -0.2) is 4.39 Å². The molecule has 0 radical (unpaired) electrons. The minimum atomic E-state index is -0.258. The van der Waals surface area contributed by atoms with Gasteiger partial charge in [0.2, 0.25) is 0 Å². The fourth-order valence-electron chi connectivity index (χ4n) is 3.43. The highest BCUT2D eigenvalue weighted by Gasteiger charge is 2.17. The van der Waals surface area contributed by atoms with Crippen molar-refractivity contribution < 1.29 is 9.13 Å². The molecule has 3 heterocycles. The minimum absolute atomic E-state index is 0.258. The van der Waals surface area contributed by atoms with Crippen LogP contribution in [0.5, 0.6) is 0 Å². The number of nitrogens with zero attached hydrogens (tertiary/aromatic N) is 3. The summed E-state index contributed by atoms with van der Waals surface area (Å²) in [4.78, 5) is 6.53. The lowest BCUT2D eigenvalue weighted by Crippen LogP contribution is -2.37. The van der Waals surface area contributed by atoms with Gasteiger partial charge < -0.3 is 10.1 Å². The molecule has 0 amide bonds. The van der Waals surface area contributed by atoms with E-state index in [4.69, 9.17) is 4.74 Å². The number of H-pyrrole nitrogens is 1. The van der Waals surface area contributed by atoms with Crippen molar-refractivity contribution in [3.8, 4) is 22.4 Å². The van der Waals surface area contributed by atoms with Gasteiger partial charge in [-0.2, -0.15) is 5.10 Å². The van der Waals surface area contributed by atoms with Gasteiger partial charge in [0.15, 0.2) is 0 Å². The van der Waals surface area contributed by atoms with Crippen LogP contribution >= 0.6 is 0 Å². The number of aromatic amines is 1. The number of morpholine rings is 1. The monoisotopic (exact) mass is 381 g/mol. The van der Waals surface area contributed by atoms with Crippen LogP contribution in [0.15, 0.2) is 48.8 Å². The summed E-state index contributed by atoms with van der Waals surface area (Å²) in [7, 11) is 0. The number of pyridine rings is 1. The van der Waals surface area contributed by atoms with Crippen LogP contribution < -0.4 is 5.32 Å². The molecule has 1 aliphatic rings. The van der Waals surface area contributed by atoms with E-state index in [-0.39, 0.29) is 5.82 Å². The Morgan fingerprint density at radius 1 is 1.04 bits per heavy atom. The maximum absolute atomic E-state index is 13.3. The van der Waals surface area contributed by atoms with Crippen LogP contribution in [-0.4, -0.2) is 59.5 Å². The molecule has 0 spiro atoms. The molecule has 3 aromatic rings. The Hall–Kier alpha value is -2.77. The number of halogens is 1. The van der Waals surface area contributed by atoms with E-state index in [1.165, 1.54) is 12.1 Å². The van der Waals surface area contributed by atoms with Gasteiger partial charge in [-0.1, -0.05) is 0 Å². The number of ether oxygens (including phenoxy) is 1. The smallest absolute Gasteiger partial charge is 0.130 e. The number of benzene rings is 1. The lowest BCUT2D eigenvalue weighted by molar-refractivity contribution is 0.0378. The molecule has 1 fully saturated rings. The van der Waals surface area contributed by atoms with Crippen molar-refractivity contribution in [1.82, 2.24) is 20.1 Å². The van der Waals surface area contributed by atoms with Gasteiger partial charge in [0.25, 0.3) is 0 Å². The topological polar surface area (TPSA) is 66.1 Å². The van der Waals surface area contributed by atoms with Gasteiger partial charge in [-0.15, -0.1) is 0 Å². The average molecular weight is 381 g/mol. The summed E-state index contributed by atoms with van der Waals surface area (Å²) in [5.74, 6) is 0.610. The van der Waals surface area contributed by atoms with E-state index in [2.05, 4.69) is 25.4 Å². The van der Waals surface area contributed by atoms with E-state index >= 15 is 0 Å². The largest absolute Gasteiger partial charge is 0.379 e. The van der Waals surface area contributed by atoms with Crippen molar-refractivity contribution in [2.75, 3.05) is 44.7 Å². The third-order valence-corrected chi connectivity index (χ3v) is 4.91. The summed E-state index contributed by atoms with van der Waals surface area (Å²) < 4.78 is 18.7. The number of hydrogen-bond acceptors (Lipinski definition) is 5. The third kappa shape index (κ3) is 4.37. The Kier molecular flexibility index (Phi) is 5.94. The van der Waals surface area contributed by atoms with Crippen LogP contribution in [0, 0.1) is 5.82 Å². The van der Waals surface area contributed by atoms with Crippen LogP contribution in [0.25, 0.3) is 22.4 Å². The molecule has 1 saturated heterocycles. The highest BCUT2D eigenvalue weighted by molar-refractivity contribution is 5.88. The zero-order chi connectivity index (χ0) is 19.2. The van der Waals surface area contributed by atoms with Gasteiger partial charge in [0.05, 0.1) is 18.8 Å². The van der Waals surface area contributed by atoms with Crippen molar-refractivity contribution >= 4 is 5.82 Å². The molecule has 6 nitrogen and oxygen atoms in total. The molecule has 0 atom stereocenters. The normalized spacial score (nSPS) is 14.9. The quantitative estimate of drug-likeness (QED) is 0.614. The van der Waals surface area contributed by atoms with E-state index in [9.17, 15) is 4.39 Å². The van der Waals surface area contributed by atoms with Gasteiger partial charge in [0, 0.05) is 37.6 Å². The second-order valence-corrected chi connectivity index (χ2v) is 6.80. The number of aromatic nitrogens is 3. The highest BCUT2D eigenvalue weighted by atomic mass is 19.1. The summed E-state index contributed by atoms with van der Waals surface area (Å²) in [5.41, 5.74) is 3.65. The van der Waals surface area contributed by atoms with Crippen LogP contribution in [0.2, 0.25) is 0 Å². The van der Waals surface area contributed by atoms with E-state index in [1.807, 2.05) is 12.1 Å². The van der Waals surface area contributed by atoms with E-state index in [0.29, 0.717) is 0 Å². The Balaban J connectivity index is 1.51. The summed E-state index contributed by atoms with van der Waals surface area (Å²) >= 11 is 0. The van der Waals surface area contributed by atoms with Crippen LogP contribution in [0.3, 0.4) is 0 Å². The first-order chi connectivity index (χ1) is 13.8. The third-order valence-electron chi connectivity index (χ3n) is 4.91. The molecule has 1 aromatic carbocycles. The molecule has 0 aliphatic carbocycles. The Morgan fingerprint density at radius 3 is 2.54 bits per heavy atom. The standard InChI is InChI=1S/C21H24FN5O/c22-18-4-2-17(3-5-18)20-19(16-6-9-23-10-7-16)21(26-25-20)24-8-1-11-27-12-14-28-15-13-27/h2-7,9-10H,1,8,11-15H2,(H2,24,25,26). The number of anilines is 1. The molecule has 0 saturated carbocycles. The Labute approximate surface area is 163 Å². The zero-order valence-electron chi connectivity index (χ0n) is 15.7. The molecular formula is C21H24FN5O. The predicted molar refractivity (Wildman–Crippen MR) is 108 cm³/mol. The van der Waals surface area contributed by atoms with E-state index in [0.717, 1.165) is 74.0 Å². The summed E-state index contributed by atoms with van der Waals surface area (Å²) in [6.07, 6.45) is 4.55. The van der Waals surface area contributed by atoms with Gasteiger partial charge in [-0.05, 0) is 54.9 Å². The van der Waals surface area contributed by atoms with Crippen molar-refractivity contribution in [1.29, 1.82) is 0 Å². The van der Waals surface area contributed by atoms with Crippen molar-refractivity contribution in [2.45, 2.75) is 6.42 Å². The zero-order valence-corrected chi connectivity index (χ0v) is 15.7. The van der Waals surface area contributed by atoms with Crippen molar-refractivity contribution in [3.05, 3.63) is 54.6 Å². The van der Waals surface area contributed by atoms with E-state index in [1.54, 1.807) is 24.5 Å². The van der Waals surface area contributed by atoms with Gasteiger partial charge in [0.1, 0.15) is 17.3 Å². The lowest BCUT2D eigenvalue weighted by Gasteiger charge is -2.26. The molecule has 28 heavy (non-hydrogen) atoms. The summed E-state index contributed by atoms with van der Waals surface area (Å²) in [6, 6.07) is 10.3. The first-order valence-electron chi connectivity index (χ1n) is 9.60. The Morgan fingerprint density at radius 2 is 1.79 bits per heavy atom. The summed E-state index contributed by atoms with van der Waals surface area (Å²) in [5, 5.41) is 11.1. The predicted octanol–water partition coefficient (Wildman–Crippen LogP) is 3.41. The molecule has 4 rings (SSSR count). The molecular weight excluding hydrogens is 357 g/mol. The second kappa shape index (κ2) is 8.95. The fourth-order valence-corrected chi connectivity index (χ4v) is 3.43. The molecule has 7 heteroatoms.